The van der Waals surface area contributed by atoms with E-state index in [2.05, 4.69) is 17.1 Å². The third-order valence-corrected chi connectivity index (χ3v) is 4.71. The molecule has 1 unspecified atom stereocenters. The molecule has 3 nitrogen and oxygen atoms in total. The molecule has 1 saturated heterocycles. The maximum atomic E-state index is 12.1. The highest BCUT2D eigenvalue weighted by atomic mass is 32.1. The van der Waals surface area contributed by atoms with Crippen molar-refractivity contribution in [2.45, 2.75) is 33.6 Å². The normalized spacial score (nSPS) is 20.5. The van der Waals surface area contributed by atoms with Gasteiger partial charge in [-0.25, -0.2) is 0 Å². The Bertz CT molecular complexity index is 441. The van der Waals surface area contributed by atoms with Crippen molar-refractivity contribution in [2.75, 3.05) is 26.2 Å². The monoisotopic (exact) mass is 280 g/mol. The molecule has 1 aliphatic heterocycles. The van der Waals surface area contributed by atoms with E-state index in [4.69, 9.17) is 0 Å². The van der Waals surface area contributed by atoms with Crippen molar-refractivity contribution in [3.63, 3.8) is 0 Å². The summed E-state index contributed by atoms with van der Waals surface area (Å²) in [6.45, 7) is 10.4. The Labute approximate surface area is 120 Å². The van der Waals surface area contributed by atoms with Gasteiger partial charge in [0.25, 0.3) is 5.91 Å². The molecule has 0 bridgehead atoms. The van der Waals surface area contributed by atoms with E-state index in [0.717, 1.165) is 29.4 Å². The Morgan fingerprint density at radius 2 is 2.32 bits per heavy atom. The summed E-state index contributed by atoms with van der Waals surface area (Å²) in [5, 5.41) is 3.04. The predicted octanol–water partition coefficient (Wildman–Crippen LogP) is 2.83. The van der Waals surface area contributed by atoms with E-state index in [1.807, 2.05) is 19.9 Å². The average molecular weight is 280 g/mol. The standard InChI is InChI=1S/C15H24N2OS/c1-11-5-4-7-17(10-11)8-6-16-15(18)14-9-12(2)19-13(14)3/h9,11H,4-8,10H2,1-3H3,(H,16,18). The van der Waals surface area contributed by atoms with Gasteiger partial charge in [-0.15, -0.1) is 11.3 Å². The summed E-state index contributed by atoms with van der Waals surface area (Å²) >= 11 is 1.69. The van der Waals surface area contributed by atoms with Gasteiger partial charge in [0, 0.05) is 29.4 Å². The lowest BCUT2D eigenvalue weighted by atomic mass is 10.0. The average Bonchev–Trinajstić information content (AvgIpc) is 2.68. The fourth-order valence-corrected chi connectivity index (χ4v) is 3.69. The zero-order valence-corrected chi connectivity index (χ0v) is 13.0. The first-order valence-electron chi connectivity index (χ1n) is 7.14. The lowest BCUT2D eigenvalue weighted by Gasteiger charge is -2.30. The Kier molecular flexibility index (Phi) is 4.99. The molecule has 2 rings (SSSR count). The molecule has 2 heterocycles. The quantitative estimate of drug-likeness (QED) is 0.920. The van der Waals surface area contributed by atoms with E-state index in [0.29, 0.717) is 0 Å². The fraction of sp³-hybridized carbons (Fsp3) is 0.667. The lowest BCUT2D eigenvalue weighted by Crippen LogP contribution is -2.40. The first-order chi connectivity index (χ1) is 9.06. The van der Waals surface area contributed by atoms with Crippen LogP contribution in [-0.2, 0) is 0 Å². The van der Waals surface area contributed by atoms with E-state index >= 15 is 0 Å². The molecule has 0 aliphatic carbocycles. The van der Waals surface area contributed by atoms with Gasteiger partial charge < -0.3 is 10.2 Å². The molecular weight excluding hydrogens is 256 g/mol. The highest BCUT2D eigenvalue weighted by Gasteiger charge is 2.16. The molecule has 106 valence electrons. The topological polar surface area (TPSA) is 32.3 Å². The summed E-state index contributed by atoms with van der Waals surface area (Å²) in [6.07, 6.45) is 2.63. The van der Waals surface area contributed by atoms with Crippen molar-refractivity contribution in [3.05, 3.63) is 21.4 Å². The highest BCUT2D eigenvalue weighted by Crippen LogP contribution is 2.20. The smallest absolute Gasteiger partial charge is 0.252 e. The van der Waals surface area contributed by atoms with E-state index < -0.39 is 0 Å². The van der Waals surface area contributed by atoms with Gasteiger partial charge in [0.05, 0.1) is 5.56 Å². The number of likely N-dealkylation sites (tertiary alicyclic amines) is 1. The molecule has 0 spiro atoms. The number of nitrogens with one attached hydrogen (secondary N) is 1. The Morgan fingerprint density at radius 3 is 2.95 bits per heavy atom. The SMILES string of the molecule is Cc1cc(C(=O)NCCN2CCCC(C)C2)c(C)s1. The maximum absolute atomic E-state index is 12.1. The summed E-state index contributed by atoms with van der Waals surface area (Å²) in [7, 11) is 0. The van der Waals surface area contributed by atoms with Gasteiger partial charge in [-0.3, -0.25) is 4.79 Å². The van der Waals surface area contributed by atoms with Crippen LogP contribution >= 0.6 is 11.3 Å². The molecule has 4 heteroatoms. The van der Waals surface area contributed by atoms with E-state index in [1.165, 1.54) is 30.8 Å². The van der Waals surface area contributed by atoms with Gasteiger partial charge in [0.2, 0.25) is 0 Å². The van der Waals surface area contributed by atoms with Crippen LogP contribution in [0, 0.1) is 19.8 Å². The Balaban J connectivity index is 1.76. The second kappa shape index (κ2) is 6.53. The minimum atomic E-state index is 0.0758. The minimum Gasteiger partial charge on any atom is -0.351 e. The summed E-state index contributed by atoms with van der Waals surface area (Å²) in [5.74, 6) is 0.873. The van der Waals surface area contributed by atoms with Crippen LogP contribution < -0.4 is 5.32 Å². The van der Waals surface area contributed by atoms with E-state index in [-0.39, 0.29) is 5.91 Å². The van der Waals surface area contributed by atoms with Crippen LogP contribution in [0.5, 0.6) is 0 Å². The third-order valence-electron chi connectivity index (χ3n) is 3.74. The van der Waals surface area contributed by atoms with E-state index in [1.54, 1.807) is 11.3 Å². The molecule has 1 aromatic rings. The molecule has 1 aliphatic rings. The van der Waals surface area contributed by atoms with Gasteiger partial charge in [0.15, 0.2) is 0 Å². The highest BCUT2D eigenvalue weighted by molar-refractivity contribution is 7.12. The summed E-state index contributed by atoms with van der Waals surface area (Å²) < 4.78 is 0. The number of piperidine rings is 1. The van der Waals surface area contributed by atoms with Crippen LogP contribution in [0.25, 0.3) is 0 Å². The molecule has 1 aromatic heterocycles. The maximum Gasteiger partial charge on any atom is 0.252 e. The first kappa shape index (κ1) is 14.5. The molecule has 19 heavy (non-hydrogen) atoms. The first-order valence-corrected chi connectivity index (χ1v) is 7.95. The van der Waals surface area contributed by atoms with E-state index in [9.17, 15) is 4.79 Å². The van der Waals surface area contributed by atoms with Crippen LogP contribution in [0.3, 0.4) is 0 Å². The largest absolute Gasteiger partial charge is 0.351 e. The van der Waals surface area contributed by atoms with Crippen molar-refractivity contribution in [2.24, 2.45) is 5.92 Å². The van der Waals surface area contributed by atoms with Gasteiger partial charge in [0.1, 0.15) is 0 Å². The van der Waals surface area contributed by atoms with Gasteiger partial charge in [-0.05, 0) is 45.2 Å². The zero-order valence-electron chi connectivity index (χ0n) is 12.2. The van der Waals surface area contributed by atoms with Crippen LogP contribution in [0.2, 0.25) is 0 Å². The predicted molar refractivity (Wildman–Crippen MR) is 81.0 cm³/mol. The van der Waals surface area contributed by atoms with Crippen molar-refractivity contribution < 1.29 is 4.79 Å². The number of carbonyl (C=O) groups excluding carboxylic acids is 1. The number of hydrogen-bond acceptors (Lipinski definition) is 3. The van der Waals surface area contributed by atoms with Crippen molar-refractivity contribution in [1.82, 2.24) is 10.2 Å². The lowest BCUT2D eigenvalue weighted by molar-refractivity contribution is 0.0943. The molecule has 0 aromatic carbocycles. The van der Waals surface area contributed by atoms with Gasteiger partial charge >= 0.3 is 0 Å². The van der Waals surface area contributed by atoms with Crippen molar-refractivity contribution in [3.8, 4) is 0 Å². The summed E-state index contributed by atoms with van der Waals surface area (Å²) in [5.41, 5.74) is 0.842. The summed E-state index contributed by atoms with van der Waals surface area (Å²) in [4.78, 5) is 16.8. The molecule has 1 amide bonds. The molecular formula is C15H24N2OS. The minimum absolute atomic E-state index is 0.0758. The molecule has 0 saturated carbocycles. The summed E-state index contributed by atoms with van der Waals surface area (Å²) in [6, 6.07) is 1.98. The van der Waals surface area contributed by atoms with Crippen LogP contribution in [0.15, 0.2) is 6.07 Å². The van der Waals surface area contributed by atoms with Crippen LogP contribution in [0.4, 0.5) is 0 Å². The van der Waals surface area contributed by atoms with Crippen molar-refractivity contribution in [1.29, 1.82) is 0 Å². The molecule has 1 fully saturated rings. The van der Waals surface area contributed by atoms with Crippen LogP contribution in [-0.4, -0.2) is 37.0 Å². The third kappa shape index (κ3) is 4.05. The molecule has 1 atom stereocenters. The Hall–Kier alpha value is -0.870. The number of aryl methyl sites for hydroxylation is 2. The number of rotatable bonds is 4. The Morgan fingerprint density at radius 1 is 1.53 bits per heavy atom. The van der Waals surface area contributed by atoms with Crippen LogP contribution in [0.1, 0.15) is 39.9 Å². The number of thiophene rings is 1. The number of nitrogens with zero attached hydrogens (tertiary/aromatic N) is 1. The fourth-order valence-electron chi connectivity index (χ4n) is 2.77. The zero-order chi connectivity index (χ0) is 13.8. The molecule has 0 radical (unpaired) electrons. The second-order valence-corrected chi connectivity index (χ2v) is 7.09. The molecule has 1 N–H and O–H groups in total. The number of carbonyl (C=O) groups is 1. The second-order valence-electron chi connectivity index (χ2n) is 5.63. The number of amides is 1. The van der Waals surface area contributed by atoms with Crippen molar-refractivity contribution >= 4 is 17.2 Å². The van der Waals surface area contributed by atoms with Gasteiger partial charge in [-0.2, -0.15) is 0 Å². The number of hydrogen-bond donors (Lipinski definition) is 1. The van der Waals surface area contributed by atoms with Gasteiger partial charge in [-0.1, -0.05) is 6.92 Å².